The summed E-state index contributed by atoms with van der Waals surface area (Å²) in [7, 11) is 1.54. The van der Waals surface area contributed by atoms with Crippen molar-refractivity contribution in [3.63, 3.8) is 0 Å². The number of nitro benzene ring substituents is 1. The lowest BCUT2D eigenvalue weighted by Crippen LogP contribution is -2.30. The third kappa shape index (κ3) is 5.19. The zero-order valence-corrected chi connectivity index (χ0v) is 15.7. The lowest BCUT2D eigenvalue weighted by molar-refractivity contribution is -0.384. The molecule has 0 aromatic heterocycles. The molecule has 9 nitrogen and oxygen atoms in total. The molecule has 0 fully saturated rings. The van der Waals surface area contributed by atoms with Crippen molar-refractivity contribution < 1.29 is 24.0 Å². The maximum atomic E-state index is 12.2. The molecule has 0 heterocycles. The van der Waals surface area contributed by atoms with Crippen LogP contribution >= 0.6 is 0 Å². The van der Waals surface area contributed by atoms with Crippen molar-refractivity contribution in [2.24, 2.45) is 0 Å². The molecule has 2 aromatic rings. The van der Waals surface area contributed by atoms with Gasteiger partial charge in [-0.2, -0.15) is 0 Å². The van der Waals surface area contributed by atoms with E-state index in [1.165, 1.54) is 26.1 Å². The number of rotatable bonds is 8. The number of ether oxygens (including phenoxy) is 2. The van der Waals surface area contributed by atoms with Crippen LogP contribution < -0.4 is 15.4 Å². The fourth-order valence-electron chi connectivity index (χ4n) is 2.35. The molecule has 0 unspecified atom stereocenters. The highest BCUT2D eigenvalue weighted by molar-refractivity contribution is 5.97. The predicted octanol–water partition coefficient (Wildman–Crippen LogP) is 3.22. The Morgan fingerprint density at radius 3 is 2.43 bits per heavy atom. The van der Waals surface area contributed by atoms with Gasteiger partial charge in [0.15, 0.2) is 6.10 Å². The summed E-state index contributed by atoms with van der Waals surface area (Å²) in [5.74, 6) is -0.689. The van der Waals surface area contributed by atoms with Crippen LogP contribution in [0.1, 0.15) is 24.2 Å². The van der Waals surface area contributed by atoms with Gasteiger partial charge in [0.05, 0.1) is 17.1 Å². The molecular formula is C19H21N3O6. The van der Waals surface area contributed by atoms with Gasteiger partial charge in [0.1, 0.15) is 11.4 Å². The second-order valence-corrected chi connectivity index (χ2v) is 5.73. The predicted molar refractivity (Wildman–Crippen MR) is 104 cm³/mol. The van der Waals surface area contributed by atoms with Crippen molar-refractivity contribution in [1.82, 2.24) is 0 Å². The molecule has 1 amide bonds. The molecule has 2 rings (SSSR count). The summed E-state index contributed by atoms with van der Waals surface area (Å²) in [5, 5.41) is 16.4. The van der Waals surface area contributed by atoms with E-state index in [9.17, 15) is 19.7 Å². The van der Waals surface area contributed by atoms with Crippen molar-refractivity contribution in [1.29, 1.82) is 0 Å². The Kier molecular flexibility index (Phi) is 6.91. The minimum atomic E-state index is -1.10. The van der Waals surface area contributed by atoms with E-state index >= 15 is 0 Å². The highest BCUT2D eigenvalue weighted by Crippen LogP contribution is 2.25. The summed E-state index contributed by atoms with van der Waals surface area (Å²) < 4.78 is 10.4. The highest BCUT2D eigenvalue weighted by atomic mass is 16.6. The van der Waals surface area contributed by atoms with Crippen LogP contribution in [-0.2, 0) is 9.53 Å². The first-order valence-electron chi connectivity index (χ1n) is 8.56. The van der Waals surface area contributed by atoms with Crippen LogP contribution in [0.3, 0.4) is 0 Å². The van der Waals surface area contributed by atoms with Gasteiger partial charge in [-0.1, -0.05) is 0 Å². The number of nitrogens with zero attached hydrogens (tertiary/aromatic N) is 1. The largest absolute Gasteiger partial charge is 0.494 e. The van der Waals surface area contributed by atoms with Crippen LogP contribution in [0.15, 0.2) is 42.5 Å². The number of nitrogens with one attached hydrogen (secondary N) is 2. The number of hydrogen-bond acceptors (Lipinski definition) is 7. The van der Waals surface area contributed by atoms with E-state index in [-0.39, 0.29) is 16.9 Å². The molecule has 0 aliphatic heterocycles. The van der Waals surface area contributed by atoms with Gasteiger partial charge in [-0.25, -0.2) is 4.79 Å². The fraction of sp³-hybridized carbons (Fsp3) is 0.263. The number of benzene rings is 2. The van der Waals surface area contributed by atoms with E-state index in [4.69, 9.17) is 9.47 Å². The van der Waals surface area contributed by atoms with Gasteiger partial charge >= 0.3 is 5.97 Å². The average Bonchev–Trinajstić information content (AvgIpc) is 2.68. The molecule has 0 spiro atoms. The van der Waals surface area contributed by atoms with E-state index in [1.807, 2.05) is 6.92 Å². The summed E-state index contributed by atoms with van der Waals surface area (Å²) in [6.45, 7) is 3.82. The average molecular weight is 387 g/mol. The number of carbonyl (C=O) groups is 2. The van der Waals surface area contributed by atoms with E-state index < -0.39 is 22.9 Å². The Labute approximate surface area is 161 Å². The van der Waals surface area contributed by atoms with E-state index in [0.717, 1.165) is 6.07 Å². The maximum absolute atomic E-state index is 12.2. The SMILES string of the molecule is CCOc1ccc(NC(=O)[C@H](C)OC(=O)c2ccc(NC)c([N+](=O)[O-])c2)cc1. The Morgan fingerprint density at radius 1 is 1.18 bits per heavy atom. The molecule has 0 bridgehead atoms. The monoisotopic (exact) mass is 387 g/mol. The zero-order valence-electron chi connectivity index (χ0n) is 15.7. The second-order valence-electron chi connectivity index (χ2n) is 5.73. The first kappa shape index (κ1) is 20.7. The molecule has 1 atom stereocenters. The molecule has 0 aliphatic carbocycles. The third-order valence-electron chi connectivity index (χ3n) is 3.79. The molecule has 28 heavy (non-hydrogen) atoms. The molecule has 9 heteroatoms. The standard InChI is InChI=1S/C19H21N3O6/c1-4-27-15-8-6-14(7-9-15)21-18(23)12(2)28-19(24)13-5-10-16(20-3)17(11-13)22(25)26/h5-12,20H,4H2,1-3H3,(H,21,23)/t12-/m0/s1. The zero-order chi connectivity index (χ0) is 20.7. The lowest BCUT2D eigenvalue weighted by atomic mass is 10.1. The van der Waals surface area contributed by atoms with Crippen LogP contribution in [0, 0.1) is 10.1 Å². The first-order valence-corrected chi connectivity index (χ1v) is 8.56. The smallest absolute Gasteiger partial charge is 0.339 e. The number of hydrogen-bond donors (Lipinski definition) is 2. The van der Waals surface area contributed by atoms with Crippen LogP contribution in [0.25, 0.3) is 0 Å². The number of amides is 1. The molecule has 2 aromatic carbocycles. The minimum absolute atomic E-state index is 0.0218. The van der Waals surface area contributed by atoms with Gasteiger partial charge in [-0.05, 0) is 50.2 Å². The third-order valence-corrected chi connectivity index (χ3v) is 3.79. The lowest BCUT2D eigenvalue weighted by Gasteiger charge is -2.14. The summed E-state index contributed by atoms with van der Waals surface area (Å²) in [6.07, 6.45) is -1.10. The summed E-state index contributed by atoms with van der Waals surface area (Å²) in [5.41, 5.74) is 0.503. The first-order chi connectivity index (χ1) is 13.3. The fourth-order valence-corrected chi connectivity index (χ4v) is 2.35. The summed E-state index contributed by atoms with van der Waals surface area (Å²) in [6, 6.07) is 10.6. The molecule has 0 radical (unpaired) electrons. The Bertz CT molecular complexity index is 866. The summed E-state index contributed by atoms with van der Waals surface area (Å²) in [4.78, 5) is 35.0. The number of nitro groups is 1. The van der Waals surface area contributed by atoms with Crippen LogP contribution in [0.4, 0.5) is 17.1 Å². The highest BCUT2D eigenvalue weighted by Gasteiger charge is 2.22. The second kappa shape index (κ2) is 9.36. The van der Waals surface area contributed by atoms with Crippen molar-refractivity contribution in [3.05, 3.63) is 58.1 Å². The van der Waals surface area contributed by atoms with Gasteiger partial charge in [0.25, 0.3) is 11.6 Å². The Hall–Kier alpha value is -3.62. The topological polar surface area (TPSA) is 120 Å². The molecule has 0 saturated heterocycles. The number of esters is 1. The number of anilines is 2. The van der Waals surface area contributed by atoms with Crippen molar-refractivity contribution in [2.75, 3.05) is 24.3 Å². The van der Waals surface area contributed by atoms with E-state index in [2.05, 4.69) is 10.6 Å². The quantitative estimate of drug-likeness (QED) is 0.405. The number of carbonyl (C=O) groups excluding carboxylic acids is 2. The Balaban J connectivity index is 2.02. The van der Waals surface area contributed by atoms with Gasteiger partial charge < -0.3 is 20.1 Å². The van der Waals surface area contributed by atoms with Crippen molar-refractivity contribution >= 4 is 28.9 Å². The Morgan fingerprint density at radius 2 is 1.86 bits per heavy atom. The van der Waals surface area contributed by atoms with Crippen molar-refractivity contribution in [2.45, 2.75) is 20.0 Å². The molecule has 0 saturated carbocycles. The van der Waals surface area contributed by atoms with Crippen LogP contribution in [0.2, 0.25) is 0 Å². The van der Waals surface area contributed by atoms with Gasteiger partial charge in [0, 0.05) is 18.8 Å². The van der Waals surface area contributed by atoms with Gasteiger partial charge in [-0.15, -0.1) is 0 Å². The van der Waals surface area contributed by atoms with Gasteiger partial charge in [-0.3, -0.25) is 14.9 Å². The van der Waals surface area contributed by atoms with Gasteiger partial charge in [0.2, 0.25) is 0 Å². The summed E-state index contributed by atoms with van der Waals surface area (Å²) >= 11 is 0. The molecular weight excluding hydrogens is 366 g/mol. The van der Waals surface area contributed by atoms with E-state index in [0.29, 0.717) is 18.0 Å². The molecule has 148 valence electrons. The molecule has 2 N–H and O–H groups in total. The minimum Gasteiger partial charge on any atom is -0.494 e. The van der Waals surface area contributed by atoms with E-state index in [1.54, 1.807) is 24.3 Å². The normalized spacial score (nSPS) is 11.2. The van der Waals surface area contributed by atoms with Crippen LogP contribution in [-0.4, -0.2) is 36.6 Å². The molecule has 0 aliphatic rings. The maximum Gasteiger partial charge on any atom is 0.339 e. The van der Waals surface area contributed by atoms with Crippen LogP contribution in [0.5, 0.6) is 5.75 Å². The van der Waals surface area contributed by atoms with Crippen molar-refractivity contribution in [3.8, 4) is 5.75 Å².